The van der Waals surface area contributed by atoms with E-state index >= 15 is 0 Å². The summed E-state index contributed by atoms with van der Waals surface area (Å²) in [4.78, 5) is 8.30. The number of aromatic nitrogens is 2. The summed E-state index contributed by atoms with van der Waals surface area (Å²) in [6.45, 7) is 2.79. The van der Waals surface area contributed by atoms with Gasteiger partial charge in [-0.1, -0.05) is 11.6 Å². The van der Waals surface area contributed by atoms with Crippen molar-refractivity contribution in [2.24, 2.45) is 0 Å². The average Bonchev–Trinajstić information content (AvgIpc) is 2.49. The molecule has 0 radical (unpaired) electrons. The predicted octanol–water partition coefficient (Wildman–Crippen LogP) is 3.32. The number of benzene rings is 1. The van der Waals surface area contributed by atoms with E-state index in [0.717, 1.165) is 12.4 Å². The maximum Gasteiger partial charge on any atom is 0.144 e. The minimum absolute atomic E-state index is 0.482. The van der Waals surface area contributed by atoms with Crippen molar-refractivity contribution in [3.63, 3.8) is 0 Å². The van der Waals surface area contributed by atoms with Crippen molar-refractivity contribution < 1.29 is 9.47 Å². The van der Waals surface area contributed by atoms with E-state index in [2.05, 4.69) is 20.6 Å². The zero-order chi connectivity index (χ0) is 15.2. The Morgan fingerprint density at radius 3 is 2.43 bits per heavy atom. The first-order valence-electron chi connectivity index (χ1n) is 6.42. The van der Waals surface area contributed by atoms with Crippen LogP contribution in [0.4, 0.5) is 17.3 Å². The van der Waals surface area contributed by atoms with Gasteiger partial charge < -0.3 is 20.1 Å². The highest BCUT2D eigenvalue weighted by Crippen LogP contribution is 2.37. The molecule has 1 heterocycles. The molecule has 0 fully saturated rings. The lowest BCUT2D eigenvalue weighted by Crippen LogP contribution is -2.02. The Balaban J connectivity index is 2.31. The topological polar surface area (TPSA) is 68.3 Å². The molecule has 2 N–H and O–H groups in total. The van der Waals surface area contributed by atoms with E-state index in [1.165, 1.54) is 6.33 Å². The van der Waals surface area contributed by atoms with Crippen LogP contribution >= 0.6 is 11.6 Å². The van der Waals surface area contributed by atoms with E-state index in [0.29, 0.717) is 28.0 Å². The maximum absolute atomic E-state index is 6.08. The van der Waals surface area contributed by atoms with Gasteiger partial charge in [0.1, 0.15) is 29.5 Å². The number of hydrogen-bond donors (Lipinski definition) is 2. The van der Waals surface area contributed by atoms with Crippen molar-refractivity contribution in [3.8, 4) is 11.5 Å². The molecule has 1 aromatic heterocycles. The summed E-state index contributed by atoms with van der Waals surface area (Å²) in [7, 11) is 3.14. The maximum atomic E-state index is 6.08. The minimum atomic E-state index is 0.482. The molecule has 0 spiro atoms. The first-order valence-corrected chi connectivity index (χ1v) is 6.80. The quantitative estimate of drug-likeness (QED) is 0.853. The molecule has 0 aliphatic heterocycles. The van der Waals surface area contributed by atoms with Crippen LogP contribution in [0.3, 0.4) is 0 Å². The van der Waals surface area contributed by atoms with Gasteiger partial charge in [-0.25, -0.2) is 9.97 Å². The molecule has 0 atom stereocenters. The summed E-state index contributed by atoms with van der Waals surface area (Å²) in [6, 6.07) is 5.26. The fourth-order valence-electron chi connectivity index (χ4n) is 1.80. The number of ether oxygens (including phenoxy) is 2. The second-order valence-corrected chi connectivity index (χ2v) is 4.54. The van der Waals surface area contributed by atoms with Crippen molar-refractivity contribution in [1.29, 1.82) is 0 Å². The van der Waals surface area contributed by atoms with Crippen LogP contribution in [-0.2, 0) is 0 Å². The van der Waals surface area contributed by atoms with E-state index in [9.17, 15) is 0 Å². The van der Waals surface area contributed by atoms with E-state index in [-0.39, 0.29) is 0 Å². The fourth-order valence-corrected chi connectivity index (χ4v) is 2.03. The normalized spacial score (nSPS) is 10.1. The lowest BCUT2D eigenvalue weighted by Gasteiger charge is -2.13. The van der Waals surface area contributed by atoms with Crippen molar-refractivity contribution in [2.45, 2.75) is 6.92 Å². The molecule has 2 rings (SSSR count). The third-order valence-electron chi connectivity index (χ3n) is 2.76. The molecule has 0 aliphatic rings. The van der Waals surface area contributed by atoms with Gasteiger partial charge in [0.2, 0.25) is 0 Å². The molecule has 6 nitrogen and oxygen atoms in total. The van der Waals surface area contributed by atoms with Gasteiger partial charge >= 0.3 is 0 Å². The van der Waals surface area contributed by atoms with Crippen molar-refractivity contribution >= 4 is 28.9 Å². The van der Waals surface area contributed by atoms with Crippen LogP contribution in [-0.4, -0.2) is 30.7 Å². The Morgan fingerprint density at radius 2 is 1.76 bits per heavy atom. The summed E-state index contributed by atoms with van der Waals surface area (Å²) >= 11 is 6.08. The third kappa shape index (κ3) is 3.66. The van der Waals surface area contributed by atoms with Crippen molar-refractivity contribution in [1.82, 2.24) is 9.97 Å². The van der Waals surface area contributed by atoms with Crippen LogP contribution in [0.2, 0.25) is 5.02 Å². The first kappa shape index (κ1) is 15.2. The number of methoxy groups -OCH3 is 2. The molecule has 0 bridgehead atoms. The molecule has 0 aliphatic carbocycles. The Morgan fingerprint density at radius 1 is 1.05 bits per heavy atom. The molecule has 0 saturated carbocycles. The monoisotopic (exact) mass is 308 g/mol. The van der Waals surface area contributed by atoms with Crippen LogP contribution in [0.25, 0.3) is 0 Å². The predicted molar refractivity (Wildman–Crippen MR) is 84.0 cm³/mol. The minimum Gasteiger partial charge on any atom is -0.495 e. The van der Waals surface area contributed by atoms with Gasteiger partial charge in [0.05, 0.1) is 24.9 Å². The summed E-state index contributed by atoms with van der Waals surface area (Å²) in [6.07, 6.45) is 1.49. The number of rotatable bonds is 6. The van der Waals surface area contributed by atoms with Crippen LogP contribution in [0, 0.1) is 0 Å². The highest BCUT2D eigenvalue weighted by molar-refractivity contribution is 6.32. The summed E-state index contributed by atoms with van der Waals surface area (Å²) in [5.74, 6) is 2.55. The summed E-state index contributed by atoms with van der Waals surface area (Å²) in [5.41, 5.74) is 0.708. The Kier molecular flexibility index (Phi) is 5.05. The second-order valence-electron chi connectivity index (χ2n) is 4.13. The molecular weight excluding hydrogens is 292 g/mol. The van der Waals surface area contributed by atoms with Gasteiger partial charge in [-0.3, -0.25) is 0 Å². The molecular formula is C14H17ClN4O2. The SMILES string of the molecule is CCNc1cc(Nc2cc(OC)c(Cl)cc2OC)ncn1. The summed E-state index contributed by atoms with van der Waals surface area (Å²) < 4.78 is 10.5. The Labute approximate surface area is 128 Å². The third-order valence-corrected chi connectivity index (χ3v) is 3.06. The molecule has 7 heteroatoms. The lowest BCUT2D eigenvalue weighted by molar-refractivity contribution is 0.405. The van der Waals surface area contributed by atoms with Gasteiger partial charge in [-0.15, -0.1) is 0 Å². The fraction of sp³-hybridized carbons (Fsp3) is 0.286. The van der Waals surface area contributed by atoms with Gasteiger partial charge in [-0.05, 0) is 6.92 Å². The average molecular weight is 309 g/mol. The molecule has 2 aromatic rings. The van der Waals surface area contributed by atoms with E-state index in [4.69, 9.17) is 21.1 Å². The molecule has 21 heavy (non-hydrogen) atoms. The van der Waals surface area contributed by atoms with E-state index in [1.54, 1.807) is 26.4 Å². The molecule has 0 saturated heterocycles. The van der Waals surface area contributed by atoms with Gasteiger partial charge in [0.25, 0.3) is 0 Å². The number of halogens is 1. The van der Waals surface area contributed by atoms with E-state index < -0.39 is 0 Å². The van der Waals surface area contributed by atoms with Crippen molar-refractivity contribution in [3.05, 3.63) is 29.5 Å². The van der Waals surface area contributed by atoms with Crippen LogP contribution in [0.15, 0.2) is 24.5 Å². The highest BCUT2D eigenvalue weighted by atomic mass is 35.5. The number of hydrogen-bond acceptors (Lipinski definition) is 6. The summed E-state index contributed by atoms with van der Waals surface area (Å²) in [5, 5.41) is 6.78. The molecule has 112 valence electrons. The lowest BCUT2D eigenvalue weighted by atomic mass is 10.2. The zero-order valence-corrected chi connectivity index (χ0v) is 12.9. The van der Waals surface area contributed by atoms with Gasteiger partial charge in [0.15, 0.2) is 0 Å². The standard InChI is InChI=1S/C14H17ClN4O2/c1-4-16-13-7-14(18-8-17-13)19-10-6-11(20-2)9(15)5-12(10)21-3/h5-8H,4H2,1-3H3,(H2,16,17,18,19). The van der Waals surface area contributed by atoms with E-state index in [1.807, 2.05) is 13.0 Å². The highest BCUT2D eigenvalue weighted by Gasteiger charge is 2.11. The van der Waals surface area contributed by atoms with Crippen LogP contribution in [0.1, 0.15) is 6.92 Å². The van der Waals surface area contributed by atoms with Crippen molar-refractivity contribution in [2.75, 3.05) is 31.4 Å². The number of nitrogens with zero attached hydrogens (tertiary/aromatic N) is 2. The Bertz CT molecular complexity index is 622. The zero-order valence-electron chi connectivity index (χ0n) is 12.1. The Hall–Kier alpha value is -2.21. The molecule has 1 aromatic carbocycles. The van der Waals surface area contributed by atoms with Crippen LogP contribution < -0.4 is 20.1 Å². The number of nitrogens with one attached hydrogen (secondary N) is 2. The largest absolute Gasteiger partial charge is 0.495 e. The number of anilines is 3. The molecule has 0 amide bonds. The van der Waals surface area contributed by atoms with Gasteiger partial charge in [-0.2, -0.15) is 0 Å². The molecule has 0 unspecified atom stereocenters. The van der Waals surface area contributed by atoms with Gasteiger partial charge in [0, 0.05) is 24.7 Å². The first-order chi connectivity index (χ1) is 10.2. The second kappa shape index (κ2) is 6.99. The smallest absolute Gasteiger partial charge is 0.144 e. The van der Waals surface area contributed by atoms with Crippen LogP contribution in [0.5, 0.6) is 11.5 Å².